The number of aromatic nitrogens is 3. The van der Waals surface area contributed by atoms with Gasteiger partial charge in [0.25, 0.3) is 5.91 Å². The summed E-state index contributed by atoms with van der Waals surface area (Å²) in [4.78, 5) is 16.6. The Bertz CT molecular complexity index is 604. The molecule has 2 aromatic rings. The number of nitrogens with zero attached hydrogens (tertiary/aromatic N) is 3. The number of nitrogens with one attached hydrogen (secondary N) is 1. The van der Waals surface area contributed by atoms with Crippen molar-refractivity contribution in [2.24, 2.45) is 0 Å². The maximum atomic E-state index is 12.3. The molecule has 0 atom stereocenters. The molecule has 0 radical (unpaired) electrons. The Morgan fingerprint density at radius 1 is 1.24 bits per heavy atom. The Kier molecular flexibility index (Phi) is 3.96. The molecule has 1 aliphatic carbocycles. The number of carbonyl (C=O) groups excluding carboxylic acids is 1. The first-order chi connectivity index (χ1) is 10.2. The van der Waals surface area contributed by atoms with Gasteiger partial charge in [-0.25, -0.2) is 9.67 Å². The molecule has 2 N–H and O–H groups in total. The summed E-state index contributed by atoms with van der Waals surface area (Å²) in [6.45, 7) is 0. The van der Waals surface area contributed by atoms with Crippen LogP contribution in [0.2, 0.25) is 0 Å². The topological polar surface area (TPSA) is 80.0 Å². The van der Waals surface area contributed by atoms with Crippen molar-refractivity contribution < 1.29 is 9.90 Å². The molecule has 0 aromatic carbocycles. The minimum Gasteiger partial charge on any atom is -0.393 e. The predicted molar refractivity (Wildman–Crippen MR) is 77.1 cm³/mol. The van der Waals surface area contributed by atoms with Gasteiger partial charge in [0.15, 0.2) is 5.82 Å². The standard InChI is InChI=1S/C15H18N4O2/c20-12-7-5-11(6-8-12)17-15(21)13-3-1-4-14(18-13)19-10-2-9-16-19/h1-4,9-12,20H,5-8H2,(H,17,21). The normalized spacial score (nSPS) is 22.0. The molecule has 0 bridgehead atoms. The van der Waals surface area contributed by atoms with E-state index in [1.165, 1.54) is 0 Å². The van der Waals surface area contributed by atoms with Crippen molar-refractivity contribution >= 4 is 5.91 Å². The lowest BCUT2D eigenvalue weighted by Gasteiger charge is -2.26. The van der Waals surface area contributed by atoms with Crippen LogP contribution < -0.4 is 5.32 Å². The van der Waals surface area contributed by atoms with Crippen LogP contribution in [0.4, 0.5) is 0 Å². The molecule has 0 spiro atoms. The van der Waals surface area contributed by atoms with Crippen LogP contribution in [-0.2, 0) is 0 Å². The van der Waals surface area contributed by atoms with Crippen LogP contribution in [-0.4, -0.2) is 37.9 Å². The average molecular weight is 286 g/mol. The van der Waals surface area contributed by atoms with Gasteiger partial charge in [-0.3, -0.25) is 4.79 Å². The molecule has 0 unspecified atom stereocenters. The van der Waals surface area contributed by atoms with Crippen LogP contribution in [0.15, 0.2) is 36.7 Å². The van der Waals surface area contributed by atoms with E-state index in [2.05, 4.69) is 15.4 Å². The fourth-order valence-electron chi connectivity index (χ4n) is 2.56. The second-order valence-electron chi connectivity index (χ2n) is 5.31. The van der Waals surface area contributed by atoms with E-state index in [-0.39, 0.29) is 18.1 Å². The lowest BCUT2D eigenvalue weighted by atomic mass is 9.93. The predicted octanol–water partition coefficient (Wildman–Crippen LogP) is 1.30. The summed E-state index contributed by atoms with van der Waals surface area (Å²) >= 11 is 0. The summed E-state index contributed by atoms with van der Waals surface area (Å²) in [5, 5.41) is 16.6. The third-order valence-corrected chi connectivity index (χ3v) is 3.74. The van der Waals surface area contributed by atoms with Crippen LogP contribution in [0.5, 0.6) is 0 Å². The highest BCUT2D eigenvalue weighted by atomic mass is 16.3. The summed E-state index contributed by atoms with van der Waals surface area (Å²) in [6, 6.07) is 7.22. The van der Waals surface area contributed by atoms with Gasteiger partial charge in [0.05, 0.1) is 6.10 Å². The van der Waals surface area contributed by atoms with Crippen molar-refractivity contribution in [2.75, 3.05) is 0 Å². The Hall–Kier alpha value is -2.21. The molecule has 3 rings (SSSR count). The van der Waals surface area contributed by atoms with Crippen molar-refractivity contribution in [1.29, 1.82) is 0 Å². The van der Waals surface area contributed by atoms with Crippen LogP contribution in [0.25, 0.3) is 5.82 Å². The molecule has 6 nitrogen and oxygen atoms in total. The van der Waals surface area contributed by atoms with Crippen molar-refractivity contribution in [3.05, 3.63) is 42.4 Å². The fourth-order valence-corrected chi connectivity index (χ4v) is 2.56. The summed E-state index contributed by atoms with van der Waals surface area (Å²) in [5.41, 5.74) is 0.383. The van der Waals surface area contributed by atoms with Gasteiger partial charge in [0, 0.05) is 18.4 Å². The molecule has 0 saturated heterocycles. The summed E-state index contributed by atoms with van der Waals surface area (Å²) in [5.74, 6) is 0.442. The maximum absolute atomic E-state index is 12.3. The first-order valence-electron chi connectivity index (χ1n) is 7.18. The zero-order valence-corrected chi connectivity index (χ0v) is 11.6. The number of aliphatic hydroxyl groups is 1. The number of aliphatic hydroxyl groups excluding tert-OH is 1. The third-order valence-electron chi connectivity index (χ3n) is 3.74. The zero-order valence-electron chi connectivity index (χ0n) is 11.6. The van der Waals surface area contributed by atoms with E-state index in [9.17, 15) is 9.90 Å². The molecular weight excluding hydrogens is 268 g/mol. The largest absolute Gasteiger partial charge is 0.393 e. The lowest BCUT2D eigenvalue weighted by Crippen LogP contribution is -2.38. The summed E-state index contributed by atoms with van der Waals surface area (Å²) in [6.07, 6.45) is 6.34. The van der Waals surface area contributed by atoms with Crippen molar-refractivity contribution in [3.63, 3.8) is 0 Å². The van der Waals surface area contributed by atoms with E-state index >= 15 is 0 Å². The van der Waals surface area contributed by atoms with Gasteiger partial charge in [0.2, 0.25) is 0 Å². The van der Waals surface area contributed by atoms with Gasteiger partial charge in [-0.15, -0.1) is 0 Å². The van der Waals surface area contributed by atoms with Crippen LogP contribution in [0.1, 0.15) is 36.2 Å². The van der Waals surface area contributed by atoms with E-state index in [4.69, 9.17) is 0 Å². The van der Waals surface area contributed by atoms with Crippen LogP contribution in [0, 0.1) is 0 Å². The van der Waals surface area contributed by atoms with E-state index in [0.29, 0.717) is 11.5 Å². The molecule has 1 saturated carbocycles. The van der Waals surface area contributed by atoms with Gasteiger partial charge >= 0.3 is 0 Å². The quantitative estimate of drug-likeness (QED) is 0.891. The number of rotatable bonds is 3. The first-order valence-corrected chi connectivity index (χ1v) is 7.18. The smallest absolute Gasteiger partial charge is 0.270 e. The maximum Gasteiger partial charge on any atom is 0.270 e. The minimum atomic E-state index is -0.223. The highest BCUT2D eigenvalue weighted by molar-refractivity contribution is 5.92. The number of carbonyl (C=O) groups is 1. The van der Waals surface area contributed by atoms with E-state index in [1.807, 2.05) is 6.07 Å². The highest BCUT2D eigenvalue weighted by Crippen LogP contribution is 2.18. The molecule has 1 fully saturated rings. The SMILES string of the molecule is O=C(NC1CCC(O)CC1)c1cccc(-n2cccn2)n1. The van der Waals surface area contributed by atoms with E-state index in [1.54, 1.807) is 35.3 Å². The average Bonchev–Trinajstić information content (AvgIpc) is 3.04. The Labute approximate surface area is 122 Å². The van der Waals surface area contributed by atoms with Gasteiger partial charge in [-0.2, -0.15) is 5.10 Å². The zero-order chi connectivity index (χ0) is 14.7. The molecule has 2 aromatic heterocycles. The monoisotopic (exact) mass is 286 g/mol. The first kappa shape index (κ1) is 13.8. The lowest BCUT2D eigenvalue weighted by molar-refractivity contribution is 0.0863. The molecule has 1 amide bonds. The highest BCUT2D eigenvalue weighted by Gasteiger charge is 2.21. The van der Waals surface area contributed by atoms with Crippen LogP contribution in [0.3, 0.4) is 0 Å². The summed E-state index contributed by atoms with van der Waals surface area (Å²) in [7, 11) is 0. The van der Waals surface area contributed by atoms with E-state index in [0.717, 1.165) is 25.7 Å². The van der Waals surface area contributed by atoms with Gasteiger partial charge in [0.1, 0.15) is 5.69 Å². The minimum absolute atomic E-state index is 0.121. The molecule has 0 aliphatic heterocycles. The molecule has 6 heteroatoms. The Balaban J connectivity index is 1.69. The van der Waals surface area contributed by atoms with Crippen molar-refractivity contribution in [2.45, 2.75) is 37.8 Å². The number of hydrogen-bond donors (Lipinski definition) is 2. The molecule has 110 valence electrons. The molecule has 21 heavy (non-hydrogen) atoms. The van der Waals surface area contributed by atoms with Gasteiger partial charge < -0.3 is 10.4 Å². The fraction of sp³-hybridized carbons (Fsp3) is 0.400. The Morgan fingerprint density at radius 3 is 2.76 bits per heavy atom. The second-order valence-corrected chi connectivity index (χ2v) is 5.31. The third kappa shape index (κ3) is 3.28. The molecule has 2 heterocycles. The second kappa shape index (κ2) is 6.05. The number of hydrogen-bond acceptors (Lipinski definition) is 4. The van der Waals surface area contributed by atoms with Crippen molar-refractivity contribution in [3.8, 4) is 5.82 Å². The molecule has 1 aliphatic rings. The van der Waals surface area contributed by atoms with Crippen LogP contribution >= 0.6 is 0 Å². The number of amides is 1. The van der Waals surface area contributed by atoms with Crippen molar-refractivity contribution in [1.82, 2.24) is 20.1 Å². The Morgan fingerprint density at radius 2 is 2.05 bits per heavy atom. The molecular formula is C15H18N4O2. The number of pyridine rings is 1. The van der Waals surface area contributed by atoms with Gasteiger partial charge in [-0.1, -0.05) is 6.07 Å². The summed E-state index contributed by atoms with van der Waals surface area (Å²) < 4.78 is 1.62. The van der Waals surface area contributed by atoms with Gasteiger partial charge in [-0.05, 0) is 43.9 Å². The van der Waals surface area contributed by atoms with E-state index < -0.39 is 0 Å².